The molecule has 0 bridgehead atoms. The Morgan fingerprint density at radius 2 is 2.12 bits per heavy atom. The Labute approximate surface area is 101 Å². The quantitative estimate of drug-likeness (QED) is 0.785. The summed E-state index contributed by atoms with van der Waals surface area (Å²) in [5.41, 5.74) is 0. The largest absolute Gasteiger partial charge is 0.481 e. The summed E-state index contributed by atoms with van der Waals surface area (Å²) in [5, 5.41) is 8.87. The van der Waals surface area contributed by atoms with Crippen molar-refractivity contribution < 1.29 is 19.4 Å². The number of carboxylic acid groups (broad SMARTS) is 1. The molecule has 0 radical (unpaired) electrons. The lowest BCUT2D eigenvalue weighted by atomic mass is 9.85. The van der Waals surface area contributed by atoms with E-state index in [-0.39, 0.29) is 23.7 Å². The number of carbonyl (C=O) groups is 2. The Morgan fingerprint density at radius 3 is 2.65 bits per heavy atom. The minimum atomic E-state index is -0.775. The molecule has 2 saturated heterocycles. The predicted molar refractivity (Wildman–Crippen MR) is 60.4 cm³/mol. The van der Waals surface area contributed by atoms with Gasteiger partial charge >= 0.3 is 5.97 Å². The molecule has 2 heterocycles. The number of aliphatic carboxylic acids is 1. The van der Waals surface area contributed by atoms with Crippen molar-refractivity contribution in [2.45, 2.75) is 19.8 Å². The van der Waals surface area contributed by atoms with Crippen molar-refractivity contribution in [2.24, 2.45) is 17.8 Å². The molecule has 2 aliphatic rings. The van der Waals surface area contributed by atoms with Crippen molar-refractivity contribution in [1.29, 1.82) is 0 Å². The topological polar surface area (TPSA) is 66.8 Å². The van der Waals surface area contributed by atoms with E-state index in [1.807, 2.05) is 0 Å². The Bertz CT molecular complexity index is 306. The van der Waals surface area contributed by atoms with Crippen LogP contribution in [0.1, 0.15) is 19.8 Å². The van der Waals surface area contributed by atoms with Crippen molar-refractivity contribution in [1.82, 2.24) is 4.90 Å². The Hall–Kier alpha value is -1.10. The van der Waals surface area contributed by atoms with Crippen LogP contribution in [0.15, 0.2) is 0 Å². The first kappa shape index (κ1) is 12.4. The van der Waals surface area contributed by atoms with E-state index in [0.29, 0.717) is 19.7 Å². The molecule has 0 saturated carbocycles. The smallest absolute Gasteiger partial charge is 0.306 e. The lowest BCUT2D eigenvalue weighted by Crippen LogP contribution is -2.55. The summed E-state index contributed by atoms with van der Waals surface area (Å²) < 4.78 is 5.29. The van der Waals surface area contributed by atoms with E-state index in [1.54, 1.807) is 11.8 Å². The third-order valence-corrected chi connectivity index (χ3v) is 3.83. The Kier molecular flexibility index (Phi) is 3.66. The Balaban J connectivity index is 1.78. The number of ether oxygens (including phenoxy) is 1. The first-order valence-electron chi connectivity index (χ1n) is 6.19. The monoisotopic (exact) mass is 241 g/mol. The molecule has 1 amide bonds. The van der Waals surface area contributed by atoms with E-state index in [0.717, 1.165) is 19.4 Å². The van der Waals surface area contributed by atoms with Gasteiger partial charge in [0.25, 0.3) is 0 Å². The van der Waals surface area contributed by atoms with Crippen molar-refractivity contribution in [3.8, 4) is 0 Å². The highest BCUT2D eigenvalue weighted by atomic mass is 16.5. The van der Waals surface area contributed by atoms with Gasteiger partial charge in [0.2, 0.25) is 5.91 Å². The van der Waals surface area contributed by atoms with E-state index >= 15 is 0 Å². The molecular weight excluding hydrogens is 222 g/mol. The number of nitrogens with zero attached hydrogens (tertiary/aromatic N) is 1. The molecule has 5 nitrogen and oxygen atoms in total. The van der Waals surface area contributed by atoms with Crippen LogP contribution in [0.4, 0.5) is 0 Å². The van der Waals surface area contributed by atoms with E-state index < -0.39 is 5.97 Å². The van der Waals surface area contributed by atoms with Gasteiger partial charge in [-0.25, -0.2) is 0 Å². The van der Waals surface area contributed by atoms with Crippen LogP contribution in [0.2, 0.25) is 0 Å². The first-order chi connectivity index (χ1) is 8.09. The van der Waals surface area contributed by atoms with Gasteiger partial charge in [0.1, 0.15) is 0 Å². The molecule has 2 rings (SSSR count). The number of carboxylic acids is 1. The summed E-state index contributed by atoms with van der Waals surface area (Å²) in [6.45, 7) is 4.15. The van der Waals surface area contributed by atoms with Crippen LogP contribution in [0.25, 0.3) is 0 Å². The fourth-order valence-electron chi connectivity index (χ4n) is 2.40. The number of rotatable bonds is 3. The zero-order valence-corrected chi connectivity index (χ0v) is 10.1. The summed E-state index contributed by atoms with van der Waals surface area (Å²) in [6, 6.07) is 0. The Morgan fingerprint density at radius 1 is 1.41 bits per heavy atom. The SMILES string of the molecule is CC(C(=O)O)C1CN(C(=O)C2CCCOC2)C1. The van der Waals surface area contributed by atoms with E-state index in [2.05, 4.69) is 0 Å². The molecule has 96 valence electrons. The maximum absolute atomic E-state index is 12.0. The number of carbonyl (C=O) groups excluding carboxylic acids is 1. The molecule has 1 N–H and O–H groups in total. The third-order valence-electron chi connectivity index (χ3n) is 3.83. The first-order valence-corrected chi connectivity index (χ1v) is 6.19. The van der Waals surface area contributed by atoms with Gasteiger partial charge in [-0.3, -0.25) is 9.59 Å². The van der Waals surface area contributed by atoms with Gasteiger partial charge in [0.05, 0.1) is 18.4 Å². The van der Waals surface area contributed by atoms with Gasteiger partial charge in [0, 0.05) is 25.6 Å². The van der Waals surface area contributed by atoms with Crippen molar-refractivity contribution in [2.75, 3.05) is 26.3 Å². The second-order valence-corrected chi connectivity index (χ2v) is 5.04. The van der Waals surface area contributed by atoms with Crippen LogP contribution in [0.5, 0.6) is 0 Å². The number of hydrogen-bond donors (Lipinski definition) is 1. The molecule has 2 unspecified atom stereocenters. The lowest BCUT2D eigenvalue weighted by molar-refractivity contribution is -0.154. The highest BCUT2D eigenvalue weighted by Gasteiger charge is 2.39. The van der Waals surface area contributed by atoms with Crippen LogP contribution in [-0.4, -0.2) is 48.2 Å². The van der Waals surface area contributed by atoms with Gasteiger partial charge in [-0.1, -0.05) is 6.92 Å². The van der Waals surface area contributed by atoms with E-state index in [9.17, 15) is 9.59 Å². The van der Waals surface area contributed by atoms with Crippen LogP contribution in [0, 0.1) is 17.8 Å². The maximum Gasteiger partial charge on any atom is 0.306 e. The molecule has 5 heteroatoms. The maximum atomic E-state index is 12.0. The zero-order chi connectivity index (χ0) is 12.4. The van der Waals surface area contributed by atoms with Crippen LogP contribution in [0.3, 0.4) is 0 Å². The molecule has 0 aromatic heterocycles. The minimum Gasteiger partial charge on any atom is -0.481 e. The highest BCUT2D eigenvalue weighted by molar-refractivity contribution is 5.80. The molecule has 0 aromatic carbocycles. The van der Waals surface area contributed by atoms with Gasteiger partial charge in [0.15, 0.2) is 0 Å². The van der Waals surface area contributed by atoms with E-state index in [1.165, 1.54) is 0 Å². The summed E-state index contributed by atoms with van der Waals surface area (Å²) >= 11 is 0. The predicted octanol–water partition coefficient (Wildman–Crippen LogP) is 0.592. The zero-order valence-electron chi connectivity index (χ0n) is 10.1. The van der Waals surface area contributed by atoms with Crippen molar-refractivity contribution >= 4 is 11.9 Å². The van der Waals surface area contributed by atoms with Gasteiger partial charge in [-0.15, -0.1) is 0 Å². The minimum absolute atomic E-state index is 0.00941. The molecule has 0 aliphatic carbocycles. The number of hydrogen-bond acceptors (Lipinski definition) is 3. The third kappa shape index (κ3) is 2.60. The van der Waals surface area contributed by atoms with Crippen molar-refractivity contribution in [3.05, 3.63) is 0 Å². The van der Waals surface area contributed by atoms with Crippen LogP contribution in [-0.2, 0) is 14.3 Å². The van der Waals surface area contributed by atoms with Crippen LogP contribution < -0.4 is 0 Å². The van der Waals surface area contributed by atoms with Gasteiger partial charge < -0.3 is 14.7 Å². The molecule has 17 heavy (non-hydrogen) atoms. The second-order valence-electron chi connectivity index (χ2n) is 5.04. The number of likely N-dealkylation sites (tertiary alicyclic amines) is 1. The normalized spacial score (nSPS) is 27.4. The average molecular weight is 241 g/mol. The molecule has 2 aliphatic heterocycles. The highest BCUT2D eigenvalue weighted by Crippen LogP contribution is 2.27. The van der Waals surface area contributed by atoms with E-state index in [4.69, 9.17) is 9.84 Å². The van der Waals surface area contributed by atoms with Gasteiger partial charge in [-0.05, 0) is 12.8 Å². The molecule has 0 spiro atoms. The fraction of sp³-hybridized carbons (Fsp3) is 0.833. The van der Waals surface area contributed by atoms with Gasteiger partial charge in [-0.2, -0.15) is 0 Å². The standard InChI is InChI=1S/C12H19NO4/c1-8(12(15)16)10-5-13(6-10)11(14)9-3-2-4-17-7-9/h8-10H,2-7H2,1H3,(H,15,16). The fourth-order valence-corrected chi connectivity index (χ4v) is 2.40. The second kappa shape index (κ2) is 5.04. The molecule has 2 fully saturated rings. The summed E-state index contributed by atoms with van der Waals surface area (Å²) in [7, 11) is 0. The van der Waals surface area contributed by atoms with Crippen molar-refractivity contribution in [3.63, 3.8) is 0 Å². The lowest BCUT2D eigenvalue weighted by Gasteiger charge is -2.43. The molecule has 2 atom stereocenters. The summed E-state index contributed by atoms with van der Waals surface area (Å²) in [4.78, 5) is 24.6. The van der Waals surface area contributed by atoms with Crippen LogP contribution >= 0.6 is 0 Å². The molecular formula is C12H19NO4. The molecule has 0 aromatic rings. The average Bonchev–Trinajstić information content (AvgIpc) is 2.27. The summed E-state index contributed by atoms with van der Waals surface area (Å²) in [6.07, 6.45) is 1.84. The summed E-state index contributed by atoms with van der Waals surface area (Å²) in [5.74, 6) is -0.894. The number of amides is 1.